The Labute approximate surface area is 115 Å². The number of pyridine rings is 1. The minimum absolute atomic E-state index is 0.0796. The number of hydrogen-bond donors (Lipinski definition) is 0. The van der Waals surface area contributed by atoms with Crippen LogP contribution in [0.1, 0.15) is 10.4 Å². The molecule has 0 atom stereocenters. The summed E-state index contributed by atoms with van der Waals surface area (Å²) in [5, 5.41) is 0. The zero-order chi connectivity index (χ0) is 13.4. The van der Waals surface area contributed by atoms with Crippen molar-refractivity contribution in [2.75, 3.05) is 40.5 Å². The van der Waals surface area contributed by atoms with E-state index in [-0.39, 0.29) is 5.91 Å². The molecule has 0 spiro atoms. The Balaban J connectivity index is 2.77. The molecule has 0 N–H and O–H groups in total. The van der Waals surface area contributed by atoms with Crippen molar-refractivity contribution in [3.8, 4) is 0 Å². The maximum Gasteiger partial charge on any atom is 0.256 e. The van der Waals surface area contributed by atoms with Crippen molar-refractivity contribution < 1.29 is 14.3 Å². The minimum atomic E-state index is -0.0796. The lowest BCUT2D eigenvalue weighted by molar-refractivity contribution is 0.0626. The van der Waals surface area contributed by atoms with Crippen LogP contribution in [0.4, 0.5) is 0 Å². The van der Waals surface area contributed by atoms with E-state index in [0.29, 0.717) is 36.5 Å². The molecule has 0 fully saturated rings. The summed E-state index contributed by atoms with van der Waals surface area (Å²) in [6, 6.07) is 3.48. The minimum Gasteiger partial charge on any atom is -0.383 e. The standard InChI is InChI=1S/C12H17BrN2O3/c1-17-8-6-15(7-9-18-2)12(16)10-4-3-5-14-11(10)13/h3-5H,6-9H2,1-2H3. The zero-order valence-corrected chi connectivity index (χ0v) is 12.1. The van der Waals surface area contributed by atoms with E-state index in [1.165, 1.54) is 0 Å². The summed E-state index contributed by atoms with van der Waals surface area (Å²) in [5.41, 5.74) is 0.546. The average Bonchev–Trinajstić information content (AvgIpc) is 2.39. The van der Waals surface area contributed by atoms with Crippen molar-refractivity contribution >= 4 is 21.8 Å². The number of ether oxygens (including phenoxy) is 2. The molecule has 0 saturated heterocycles. The maximum atomic E-state index is 12.3. The van der Waals surface area contributed by atoms with E-state index >= 15 is 0 Å². The van der Waals surface area contributed by atoms with Gasteiger partial charge in [0.05, 0.1) is 18.8 Å². The molecule has 1 aromatic heterocycles. The smallest absolute Gasteiger partial charge is 0.256 e. The van der Waals surface area contributed by atoms with Gasteiger partial charge in [-0.15, -0.1) is 0 Å². The van der Waals surface area contributed by atoms with Gasteiger partial charge in [-0.2, -0.15) is 0 Å². The van der Waals surface area contributed by atoms with Gasteiger partial charge in [-0.05, 0) is 28.1 Å². The molecule has 6 heteroatoms. The van der Waals surface area contributed by atoms with Gasteiger partial charge in [-0.25, -0.2) is 4.98 Å². The molecular weight excluding hydrogens is 300 g/mol. The highest BCUT2D eigenvalue weighted by Crippen LogP contribution is 2.14. The second kappa shape index (κ2) is 8.18. The van der Waals surface area contributed by atoms with Crippen LogP contribution < -0.4 is 0 Å². The average molecular weight is 317 g/mol. The molecule has 0 bridgehead atoms. The number of aromatic nitrogens is 1. The lowest BCUT2D eigenvalue weighted by Crippen LogP contribution is -2.36. The Morgan fingerprint density at radius 2 is 1.94 bits per heavy atom. The van der Waals surface area contributed by atoms with E-state index in [1.54, 1.807) is 37.4 Å². The molecule has 0 unspecified atom stereocenters. The van der Waals surface area contributed by atoms with E-state index < -0.39 is 0 Å². The molecular formula is C12H17BrN2O3. The Morgan fingerprint density at radius 1 is 1.33 bits per heavy atom. The van der Waals surface area contributed by atoms with Crippen LogP contribution in [0.2, 0.25) is 0 Å². The van der Waals surface area contributed by atoms with Crippen molar-refractivity contribution in [3.05, 3.63) is 28.5 Å². The van der Waals surface area contributed by atoms with Gasteiger partial charge >= 0.3 is 0 Å². The second-order valence-electron chi connectivity index (χ2n) is 3.62. The van der Waals surface area contributed by atoms with Gasteiger partial charge in [-0.1, -0.05) is 0 Å². The Bertz CT molecular complexity index is 379. The van der Waals surface area contributed by atoms with E-state index in [0.717, 1.165) is 0 Å². The monoisotopic (exact) mass is 316 g/mol. The third-order valence-corrected chi connectivity index (χ3v) is 3.04. The number of methoxy groups -OCH3 is 2. The van der Waals surface area contributed by atoms with Crippen LogP contribution in [0.3, 0.4) is 0 Å². The largest absolute Gasteiger partial charge is 0.383 e. The predicted octanol–water partition coefficient (Wildman–Crippen LogP) is 1.58. The van der Waals surface area contributed by atoms with Gasteiger partial charge in [0.15, 0.2) is 0 Å². The van der Waals surface area contributed by atoms with Crippen LogP contribution in [0.15, 0.2) is 22.9 Å². The van der Waals surface area contributed by atoms with Crippen LogP contribution >= 0.6 is 15.9 Å². The number of rotatable bonds is 7. The van der Waals surface area contributed by atoms with Crippen molar-refractivity contribution in [1.82, 2.24) is 9.88 Å². The molecule has 1 heterocycles. The van der Waals surface area contributed by atoms with E-state index in [2.05, 4.69) is 20.9 Å². The first kappa shape index (κ1) is 15.1. The van der Waals surface area contributed by atoms with Crippen molar-refractivity contribution in [2.24, 2.45) is 0 Å². The van der Waals surface area contributed by atoms with Gasteiger partial charge in [0.2, 0.25) is 0 Å². The van der Waals surface area contributed by atoms with Crippen molar-refractivity contribution in [1.29, 1.82) is 0 Å². The second-order valence-corrected chi connectivity index (χ2v) is 4.37. The topological polar surface area (TPSA) is 51.7 Å². The number of amides is 1. The lowest BCUT2D eigenvalue weighted by Gasteiger charge is -2.22. The Morgan fingerprint density at radius 3 is 2.44 bits per heavy atom. The molecule has 0 aromatic carbocycles. The molecule has 1 amide bonds. The first-order valence-electron chi connectivity index (χ1n) is 5.58. The van der Waals surface area contributed by atoms with Crippen LogP contribution in [0, 0.1) is 0 Å². The number of carbonyl (C=O) groups is 1. The summed E-state index contributed by atoms with van der Waals surface area (Å²) >= 11 is 3.28. The quantitative estimate of drug-likeness (QED) is 0.717. The molecule has 0 aliphatic heterocycles. The van der Waals surface area contributed by atoms with Crippen molar-refractivity contribution in [2.45, 2.75) is 0 Å². The van der Waals surface area contributed by atoms with E-state index in [1.807, 2.05) is 0 Å². The summed E-state index contributed by atoms with van der Waals surface area (Å²) < 4.78 is 10.6. The third-order valence-electron chi connectivity index (χ3n) is 2.41. The molecule has 0 aliphatic carbocycles. The summed E-state index contributed by atoms with van der Waals surface area (Å²) in [6.07, 6.45) is 1.63. The highest BCUT2D eigenvalue weighted by molar-refractivity contribution is 9.10. The van der Waals surface area contributed by atoms with Gasteiger partial charge in [0.1, 0.15) is 4.60 Å². The molecule has 0 radical (unpaired) electrons. The number of halogens is 1. The van der Waals surface area contributed by atoms with Crippen LogP contribution in [-0.2, 0) is 9.47 Å². The highest BCUT2D eigenvalue weighted by atomic mass is 79.9. The van der Waals surface area contributed by atoms with E-state index in [9.17, 15) is 4.79 Å². The summed E-state index contributed by atoms with van der Waals surface area (Å²) in [6.45, 7) is 2.04. The number of nitrogens with zero attached hydrogens (tertiary/aromatic N) is 2. The fraction of sp³-hybridized carbons (Fsp3) is 0.500. The van der Waals surface area contributed by atoms with Crippen molar-refractivity contribution in [3.63, 3.8) is 0 Å². The number of hydrogen-bond acceptors (Lipinski definition) is 4. The summed E-state index contributed by atoms with van der Waals surface area (Å²) in [4.78, 5) is 18.1. The predicted molar refractivity (Wildman–Crippen MR) is 71.6 cm³/mol. The molecule has 1 aromatic rings. The maximum absolute atomic E-state index is 12.3. The van der Waals surface area contributed by atoms with Gasteiger partial charge < -0.3 is 14.4 Å². The van der Waals surface area contributed by atoms with Crippen LogP contribution in [0.25, 0.3) is 0 Å². The fourth-order valence-electron chi connectivity index (χ4n) is 1.43. The molecule has 1 rings (SSSR count). The van der Waals surface area contributed by atoms with Gasteiger partial charge in [0, 0.05) is 33.5 Å². The summed E-state index contributed by atoms with van der Waals surface area (Å²) in [7, 11) is 3.22. The molecule has 5 nitrogen and oxygen atoms in total. The fourth-order valence-corrected chi connectivity index (χ4v) is 1.85. The highest BCUT2D eigenvalue weighted by Gasteiger charge is 2.18. The Kier molecular flexibility index (Phi) is 6.85. The van der Waals surface area contributed by atoms with Crippen LogP contribution in [-0.4, -0.2) is 56.3 Å². The summed E-state index contributed by atoms with van der Waals surface area (Å²) in [5.74, 6) is -0.0796. The third kappa shape index (κ3) is 4.36. The molecule has 18 heavy (non-hydrogen) atoms. The Hall–Kier alpha value is -0.980. The first-order chi connectivity index (χ1) is 8.70. The lowest BCUT2D eigenvalue weighted by atomic mass is 10.2. The molecule has 100 valence electrons. The van der Waals surface area contributed by atoms with Gasteiger partial charge in [0.25, 0.3) is 5.91 Å². The normalized spacial score (nSPS) is 10.4. The van der Waals surface area contributed by atoms with E-state index in [4.69, 9.17) is 9.47 Å². The van der Waals surface area contributed by atoms with Crippen LogP contribution in [0.5, 0.6) is 0 Å². The SMILES string of the molecule is COCCN(CCOC)C(=O)c1cccnc1Br. The molecule has 0 aliphatic rings. The first-order valence-corrected chi connectivity index (χ1v) is 6.37. The zero-order valence-electron chi connectivity index (χ0n) is 10.6. The van der Waals surface area contributed by atoms with Gasteiger partial charge in [-0.3, -0.25) is 4.79 Å². The number of carbonyl (C=O) groups excluding carboxylic acids is 1. The molecule has 0 saturated carbocycles.